The van der Waals surface area contributed by atoms with E-state index in [0.29, 0.717) is 6.42 Å². The van der Waals surface area contributed by atoms with Crippen molar-refractivity contribution in [3.05, 3.63) is 98.7 Å². The summed E-state index contributed by atoms with van der Waals surface area (Å²) >= 11 is 0. The van der Waals surface area contributed by atoms with Crippen molar-refractivity contribution in [1.29, 1.82) is 0 Å². The lowest BCUT2D eigenvalue weighted by molar-refractivity contribution is 0.397. The first-order chi connectivity index (χ1) is 12.1. The highest BCUT2D eigenvalue weighted by Gasteiger charge is 2.09. The van der Waals surface area contributed by atoms with Crippen LogP contribution in [0.2, 0.25) is 0 Å². The van der Waals surface area contributed by atoms with E-state index < -0.39 is 11.2 Å². The summed E-state index contributed by atoms with van der Waals surface area (Å²) in [5, 5.41) is 9.99. The molecule has 0 radical (unpaired) electrons. The summed E-state index contributed by atoms with van der Waals surface area (Å²) in [5.74, 6) is -0.324. The standard InChI is InChI=1S/C20H18N2O3/c23-18-15-19(24)22(14-12-17-9-5-2-6-10-17)20(25)21(18)13-11-16-7-3-1-4-8-16/h1-11,13,15,24H,12,14H2. The largest absolute Gasteiger partial charge is 0.494 e. The highest BCUT2D eigenvalue weighted by molar-refractivity contribution is 5.60. The molecule has 0 saturated carbocycles. The third-order valence-corrected chi connectivity index (χ3v) is 3.89. The predicted molar refractivity (Wildman–Crippen MR) is 98.4 cm³/mol. The highest BCUT2D eigenvalue weighted by Crippen LogP contribution is 2.06. The first-order valence-electron chi connectivity index (χ1n) is 7.97. The topological polar surface area (TPSA) is 64.2 Å². The zero-order chi connectivity index (χ0) is 17.6. The first kappa shape index (κ1) is 16.5. The molecule has 3 aromatic rings. The fourth-order valence-electron chi connectivity index (χ4n) is 2.54. The SMILES string of the molecule is O=c1cc(O)n(CCc2ccccc2)c(=O)n1C=Cc1ccccc1. The third-order valence-electron chi connectivity index (χ3n) is 3.89. The predicted octanol–water partition coefficient (Wildman–Crippen LogP) is 2.59. The van der Waals surface area contributed by atoms with E-state index in [0.717, 1.165) is 21.8 Å². The Bertz CT molecular complexity index is 987. The summed E-state index contributed by atoms with van der Waals surface area (Å²) in [6.07, 6.45) is 3.69. The Kier molecular flexibility index (Phi) is 4.95. The minimum Gasteiger partial charge on any atom is -0.494 e. The smallest absolute Gasteiger partial charge is 0.337 e. The van der Waals surface area contributed by atoms with Crippen molar-refractivity contribution in [2.45, 2.75) is 13.0 Å². The molecule has 5 heteroatoms. The molecule has 0 atom stereocenters. The molecule has 1 aromatic heterocycles. The minimum atomic E-state index is -0.564. The summed E-state index contributed by atoms with van der Waals surface area (Å²) in [5.41, 5.74) is 0.794. The number of aryl methyl sites for hydroxylation is 1. The number of benzene rings is 2. The minimum absolute atomic E-state index is 0.286. The van der Waals surface area contributed by atoms with Crippen LogP contribution in [0, 0.1) is 0 Å². The molecule has 0 saturated heterocycles. The molecule has 0 aliphatic carbocycles. The van der Waals surface area contributed by atoms with Crippen LogP contribution < -0.4 is 11.2 Å². The maximum atomic E-state index is 12.6. The molecule has 2 aromatic carbocycles. The van der Waals surface area contributed by atoms with Gasteiger partial charge in [0.05, 0.1) is 6.07 Å². The molecule has 0 fully saturated rings. The second-order valence-electron chi connectivity index (χ2n) is 5.61. The van der Waals surface area contributed by atoms with Gasteiger partial charge in [-0.05, 0) is 23.6 Å². The van der Waals surface area contributed by atoms with Gasteiger partial charge in [0.15, 0.2) is 0 Å². The fourth-order valence-corrected chi connectivity index (χ4v) is 2.54. The molecule has 0 aliphatic heterocycles. The molecular formula is C20H18N2O3. The van der Waals surface area contributed by atoms with Gasteiger partial charge in [-0.1, -0.05) is 60.7 Å². The van der Waals surface area contributed by atoms with Crippen molar-refractivity contribution in [2.75, 3.05) is 0 Å². The Labute approximate surface area is 144 Å². The molecule has 5 nitrogen and oxygen atoms in total. The van der Waals surface area contributed by atoms with E-state index in [1.807, 2.05) is 60.7 Å². The molecular weight excluding hydrogens is 316 g/mol. The summed E-state index contributed by atoms with van der Waals surface area (Å²) in [4.78, 5) is 24.6. The van der Waals surface area contributed by atoms with E-state index in [2.05, 4.69) is 0 Å². The van der Waals surface area contributed by atoms with Gasteiger partial charge in [-0.2, -0.15) is 0 Å². The third kappa shape index (κ3) is 3.95. The van der Waals surface area contributed by atoms with E-state index in [1.54, 1.807) is 6.08 Å². The average Bonchev–Trinajstić information content (AvgIpc) is 2.63. The molecule has 0 spiro atoms. The Morgan fingerprint density at radius 3 is 2.24 bits per heavy atom. The van der Waals surface area contributed by atoms with Gasteiger partial charge in [0.25, 0.3) is 5.56 Å². The summed E-state index contributed by atoms with van der Waals surface area (Å²) in [6.45, 7) is 0.286. The van der Waals surface area contributed by atoms with Crippen LogP contribution in [0.5, 0.6) is 5.88 Å². The van der Waals surface area contributed by atoms with Crippen LogP contribution >= 0.6 is 0 Å². The van der Waals surface area contributed by atoms with Crippen LogP contribution in [0.25, 0.3) is 12.3 Å². The summed E-state index contributed by atoms with van der Waals surface area (Å²) < 4.78 is 2.20. The Balaban J connectivity index is 1.91. The number of nitrogens with zero attached hydrogens (tertiary/aromatic N) is 2. The van der Waals surface area contributed by atoms with Crippen LogP contribution in [0.15, 0.2) is 76.3 Å². The lowest BCUT2D eigenvalue weighted by Gasteiger charge is -2.10. The molecule has 1 N–H and O–H groups in total. The van der Waals surface area contributed by atoms with Crippen molar-refractivity contribution in [1.82, 2.24) is 9.13 Å². The van der Waals surface area contributed by atoms with Gasteiger partial charge in [0, 0.05) is 12.7 Å². The zero-order valence-electron chi connectivity index (χ0n) is 13.6. The number of rotatable bonds is 5. The van der Waals surface area contributed by atoms with Crippen LogP contribution in [0.4, 0.5) is 0 Å². The number of aromatic hydroxyl groups is 1. The Morgan fingerprint density at radius 1 is 0.920 bits per heavy atom. The average molecular weight is 334 g/mol. The van der Waals surface area contributed by atoms with Gasteiger partial charge in [-0.15, -0.1) is 0 Å². The number of hydrogen-bond acceptors (Lipinski definition) is 3. The van der Waals surface area contributed by atoms with E-state index >= 15 is 0 Å². The second kappa shape index (κ2) is 7.49. The van der Waals surface area contributed by atoms with Gasteiger partial charge in [-0.3, -0.25) is 9.36 Å². The fraction of sp³-hybridized carbons (Fsp3) is 0.100. The Hall–Kier alpha value is -3.34. The van der Waals surface area contributed by atoms with Crippen molar-refractivity contribution in [2.24, 2.45) is 0 Å². The zero-order valence-corrected chi connectivity index (χ0v) is 13.6. The maximum Gasteiger partial charge on any atom is 0.337 e. The van der Waals surface area contributed by atoms with Gasteiger partial charge >= 0.3 is 5.69 Å². The van der Waals surface area contributed by atoms with Crippen LogP contribution in [0.3, 0.4) is 0 Å². The molecule has 0 amide bonds. The lowest BCUT2D eigenvalue weighted by atomic mass is 10.1. The van der Waals surface area contributed by atoms with Crippen LogP contribution in [-0.4, -0.2) is 14.2 Å². The normalized spacial score (nSPS) is 11.0. The lowest BCUT2D eigenvalue weighted by Crippen LogP contribution is -2.36. The first-order valence-corrected chi connectivity index (χ1v) is 7.97. The second-order valence-corrected chi connectivity index (χ2v) is 5.61. The highest BCUT2D eigenvalue weighted by atomic mass is 16.3. The molecule has 0 aliphatic rings. The number of hydrogen-bond donors (Lipinski definition) is 1. The molecule has 25 heavy (non-hydrogen) atoms. The quantitative estimate of drug-likeness (QED) is 0.780. The number of aromatic nitrogens is 2. The van der Waals surface area contributed by atoms with Crippen molar-refractivity contribution in [3.8, 4) is 5.88 Å². The maximum absolute atomic E-state index is 12.6. The van der Waals surface area contributed by atoms with Crippen LogP contribution in [-0.2, 0) is 13.0 Å². The van der Waals surface area contributed by atoms with E-state index in [-0.39, 0.29) is 12.4 Å². The molecule has 3 rings (SSSR count). The van der Waals surface area contributed by atoms with E-state index in [9.17, 15) is 14.7 Å². The van der Waals surface area contributed by atoms with Crippen molar-refractivity contribution < 1.29 is 5.11 Å². The molecule has 126 valence electrons. The van der Waals surface area contributed by atoms with Gasteiger partial charge in [0.2, 0.25) is 5.88 Å². The molecule has 0 bridgehead atoms. The van der Waals surface area contributed by atoms with E-state index in [4.69, 9.17) is 0 Å². The van der Waals surface area contributed by atoms with Crippen molar-refractivity contribution in [3.63, 3.8) is 0 Å². The van der Waals surface area contributed by atoms with E-state index in [1.165, 1.54) is 10.8 Å². The summed E-state index contributed by atoms with van der Waals surface area (Å²) in [7, 11) is 0. The van der Waals surface area contributed by atoms with Gasteiger partial charge < -0.3 is 5.11 Å². The van der Waals surface area contributed by atoms with Gasteiger partial charge in [0.1, 0.15) is 0 Å². The van der Waals surface area contributed by atoms with Crippen LogP contribution in [0.1, 0.15) is 11.1 Å². The summed E-state index contributed by atoms with van der Waals surface area (Å²) in [6, 6.07) is 20.1. The Morgan fingerprint density at radius 2 is 1.56 bits per heavy atom. The monoisotopic (exact) mass is 334 g/mol. The van der Waals surface area contributed by atoms with Gasteiger partial charge in [-0.25, -0.2) is 9.36 Å². The molecule has 1 heterocycles. The van der Waals surface area contributed by atoms with Crippen molar-refractivity contribution >= 4 is 12.3 Å². The molecule has 0 unspecified atom stereocenters.